The summed E-state index contributed by atoms with van der Waals surface area (Å²) >= 11 is 3.64. The van der Waals surface area contributed by atoms with Crippen LogP contribution < -0.4 is 4.90 Å². The molecule has 6 aromatic rings. The van der Waals surface area contributed by atoms with Gasteiger partial charge in [0.2, 0.25) is 0 Å². The van der Waals surface area contributed by atoms with Crippen LogP contribution in [-0.4, -0.2) is 5.54 Å². The Bertz CT molecular complexity index is 2490. The summed E-state index contributed by atoms with van der Waals surface area (Å²) in [7, 11) is 0. The van der Waals surface area contributed by atoms with Crippen LogP contribution in [0.3, 0.4) is 0 Å². The maximum absolute atomic E-state index is 10.7. The molecule has 3 aliphatic rings. The molecule has 45 heavy (non-hydrogen) atoms. The quantitative estimate of drug-likeness (QED) is 0.195. The fourth-order valence-corrected chi connectivity index (χ4v) is 10.2. The largest absolute Gasteiger partial charge is 0.329 e. The predicted molar refractivity (Wildman–Crippen MR) is 190 cm³/mol. The molecule has 2 aromatic heterocycles. The van der Waals surface area contributed by atoms with Crippen molar-refractivity contribution in [2.45, 2.75) is 31.7 Å². The number of rotatable bonds is 2. The molecule has 0 fully saturated rings. The highest BCUT2D eigenvalue weighted by atomic mass is 32.1. The van der Waals surface area contributed by atoms with Gasteiger partial charge in [0.05, 0.1) is 34.5 Å². The van der Waals surface area contributed by atoms with Gasteiger partial charge in [0, 0.05) is 57.5 Å². The molecule has 0 spiro atoms. The molecule has 3 atom stereocenters. The molecule has 1 aliphatic heterocycles. The fourth-order valence-electron chi connectivity index (χ4n) is 7.81. The Balaban J connectivity index is 1.28. The number of thiophene rings is 2. The first-order chi connectivity index (χ1) is 22.0. The number of allylic oxidation sites excluding steroid dienone is 5. The molecule has 0 saturated heterocycles. The summed E-state index contributed by atoms with van der Waals surface area (Å²) < 4.78 is 4.99. The standard InChI is InChI=1S/C40H27N3S2/c1-23-10-13-26(38(31(23)22-42)43-33-9-4-3-7-28(33)32-8-5-6-18-40(32,43)2)25-12-16-35-30(20-25)37-36(44-35)17-14-27-29-19-24(21-41)11-15-34(29)45-39(27)37/h3-9,11-20,23,32H,10H2,1-2H3. The number of fused-ring (bicyclic) bond motifs is 10. The van der Waals surface area contributed by atoms with Crippen molar-refractivity contribution in [3.8, 4) is 12.1 Å². The Labute approximate surface area is 269 Å². The zero-order valence-electron chi connectivity index (χ0n) is 24.8. The number of benzene rings is 4. The summed E-state index contributed by atoms with van der Waals surface area (Å²) in [6.45, 7) is 4.48. The smallest absolute Gasteiger partial charge is 0.0991 e. The molecule has 214 valence electrons. The van der Waals surface area contributed by atoms with Gasteiger partial charge >= 0.3 is 0 Å². The van der Waals surface area contributed by atoms with E-state index in [1.807, 2.05) is 34.8 Å². The zero-order chi connectivity index (χ0) is 30.4. The van der Waals surface area contributed by atoms with Crippen molar-refractivity contribution in [1.29, 1.82) is 10.5 Å². The van der Waals surface area contributed by atoms with Crippen LogP contribution in [0.25, 0.3) is 45.9 Å². The topological polar surface area (TPSA) is 50.8 Å². The van der Waals surface area contributed by atoms with Crippen molar-refractivity contribution in [2.24, 2.45) is 5.92 Å². The van der Waals surface area contributed by atoms with Gasteiger partial charge in [-0.2, -0.15) is 10.5 Å². The van der Waals surface area contributed by atoms with Crippen LogP contribution in [0, 0.1) is 28.6 Å². The molecule has 3 nitrogen and oxygen atoms in total. The number of hydrogen-bond donors (Lipinski definition) is 0. The summed E-state index contributed by atoms with van der Waals surface area (Å²) in [5.74, 6) is 0.338. The third-order valence-corrected chi connectivity index (χ3v) is 12.3. The first-order valence-corrected chi connectivity index (χ1v) is 17.0. The van der Waals surface area contributed by atoms with Crippen LogP contribution >= 0.6 is 22.7 Å². The lowest BCUT2D eigenvalue weighted by molar-refractivity contribution is 0.526. The van der Waals surface area contributed by atoms with E-state index in [1.54, 1.807) is 0 Å². The zero-order valence-corrected chi connectivity index (χ0v) is 26.5. The van der Waals surface area contributed by atoms with Gasteiger partial charge in [-0.15, -0.1) is 22.7 Å². The van der Waals surface area contributed by atoms with E-state index in [9.17, 15) is 10.5 Å². The van der Waals surface area contributed by atoms with Crippen molar-refractivity contribution in [2.75, 3.05) is 4.90 Å². The minimum absolute atomic E-state index is 0.133. The third-order valence-electron chi connectivity index (χ3n) is 10.0. The Hall–Kier alpha value is -4.94. The van der Waals surface area contributed by atoms with Crippen LogP contribution in [0.5, 0.6) is 0 Å². The number of anilines is 1. The van der Waals surface area contributed by atoms with Crippen LogP contribution in [-0.2, 0) is 0 Å². The van der Waals surface area contributed by atoms with E-state index in [0.29, 0.717) is 5.56 Å². The predicted octanol–water partition coefficient (Wildman–Crippen LogP) is 11.0. The molecular formula is C40H27N3S2. The molecule has 0 saturated carbocycles. The summed E-state index contributed by atoms with van der Waals surface area (Å²) in [5, 5.41) is 25.1. The highest BCUT2D eigenvalue weighted by Crippen LogP contribution is 2.55. The average molecular weight is 614 g/mol. The van der Waals surface area contributed by atoms with Crippen LogP contribution in [0.1, 0.15) is 42.9 Å². The van der Waals surface area contributed by atoms with Gasteiger partial charge in [-0.05, 0) is 72.9 Å². The van der Waals surface area contributed by atoms with E-state index < -0.39 is 0 Å². The summed E-state index contributed by atoms with van der Waals surface area (Å²) in [5.41, 5.74) is 6.99. The third kappa shape index (κ3) is 3.60. The molecule has 0 bridgehead atoms. The van der Waals surface area contributed by atoms with Gasteiger partial charge in [-0.25, -0.2) is 0 Å². The molecule has 5 heteroatoms. The molecule has 0 amide bonds. The highest BCUT2D eigenvalue weighted by Gasteiger charge is 2.49. The minimum atomic E-state index is -0.323. The molecule has 4 aromatic carbocycles. The fraction of sp³-hybridized carbons (Fsp3) is 0.150. The Kier molecular flexibility index (Phi) is 5.60. The van der Waals surface area contributed by atoms with Gasteiger partial charge in [0.1, 0.15) is 0 Å². The average Bonchev–Trinajstić information content (AvgIpc) is 3.70. The van der Waals surface area contributed by atoms with Gasteiger partial charge in [-0.3, -0.25) is 0 Å². The second-order valence-electron chi connectivity index (χ2n) is 12.5. The van der Waals surface area contributed by atoms with Crippen molar-refractivity contribution in [3.63, 3.8) is 0 Å². The van der Waals surface area contributed by atoms with Gasteiger partial charge < -0.3 is 4.90 Å². The first kappa shape index (κ1) is 26.5. The number of para-hydroxylation sites is 1. The molecule has 3 unspecified atom stereocenters. The van der Waals surface area contributed by atoms with E-state index in [-0.39, 0.29) is 17.4 Å². The summed E-state index contributed by atoms with van der Waals surface area (Å²) in [4.78, 5) is 2.46. The van der Waals surface area contributed by atoms with E-state index in [0.717, 1.165) is 34.2 Å². The molecule has 9 rings (SSSR count). The second kappa shape index (κ2) is 9.53. The lowest BCUT2D eigenvalue weighted by Gasteiger charge is -2.43. The van der Waals surface area contributed by atoms with Crippen molar-refractivity contribution in [3.05, 3.63) is 131 Å². The normalized spacial score (nSPS) is 22.2. The van der Waals surface area contributed by atoms with E-state index in [1.165, 1.54) is 46.2 Å². The number of nitriles is 2. The monoisotopic (exact) mass is 613 g/mol. The minimum Gasteiger partial charge on any atom is -0.329 e. The molecule has 0 radical (unpaired) electrons. The Morgan fingerprint density at radius 2 is 1.67 bits per heavy atom. The molecule has 3 heterocycles. The van der Waals surface area contributed by atoms with E-state index in [4.69, 9.17) is 0 Å². The van der Waals surface area contributed by atoms with E-state index >= 15 is 0 Å². The molecule has 2 aliphatic carbocycles. The SMILES string of the molecule is CC1CC=C(c2ccc3sc4ccc5c6cc(C#N)ccc6sc5c4c3c2)C(N2c3ccccc3C3C=CC=CC32C)=C1C#N. The van der Waals surface area contributed by atoms with Gasteiger partial charge in [-0.1, -0.05) is 67.6 Å². The Morgan fingerprint density at radius 3 is 2.53 bits per heavy atom. The maximum Gasteiger partial charge on any atom is 0.0991 e. The second-order valence-corrected chi connectivity index (χ2v) is 14.7. The van der Waals surface area contributed by atoms with Crippen LogP contribution in [0.4, 0.5) is 5.69 Å². The lowest BCUT2D eigenvalue weighted by Crippen LogP contribution is -2.45. The number of nitrogens with zero attached hydrogens (tertiary/aromatic N) is 3. The highest BCUT2D eigenvalue weighted by molar-refractivity contribution is 7.29. The van der Waals surface area contributed by atoms with Crippen molar-refractivity contribution < 1.29 is 0 Å². The molecular weight excluding hydrogens is 587 g/mol. The summed E-state index contributed by atoms with van der Waals surface area (Å²) in [6, 6.07) is 31.0. The molecule has 0 N–H and O–H groups in total. The van der Waals surface area contributed by atoms with Gasteiger partial charge in [0.25, 0.3) is 0 Å². The summed E-state index contributed by atoms with van der Waals surface area (Å²) in [6.07, 6.45) is 12.1. The first-order valence-electron chi connectivity index (χ1n) is 15.3. The van der Waals surface area contributed by atoms with Crippen molar-refractivity contribution >= 4 is 74.3 Å². The maximum atomic E-state index is 10.7. The van der Waals surface area contributed by atoms with E-state index in [2.05, 4.69) is 122 Å². The van der Waals surface area contributed by atoms with Crippen LogP contribution in [0.2, 0.25) is 0 Å². The van der Waals surface area contributed by atoms with Crippen molar-refractivity contribution in [1.82, 2.24) is 0 Å². The Morgan fingerprint density at radius 1 is 0.844 bits per heavy atom. The lowest BCUT2D eigenvalue weighted by atomic mass is 9.78. The van der Waals surface area contributed by atoms with Gasteiger partial charge in [0.15, 0.2) is 0 Å². The number of hydrogen-bond acceptors (Lipinski definition) is 5. The van der Waals surface area contributed by atoms with Crippen LogP contribution in [0.15, 0.2) is 114 Å².